The van der Waals surface area contributed by atoms with Crippen molar-refractivity contribution >= 4 is 29.1 Å². The Bertz CT molecular complexity index is 1040. The molecule has 0 bridgehead atoms. The molecule has 0 radical (unpaired) electrons. The minimum Gasteiger partial charge on any atom is -0.317 e. The number of quaternary nitrogens is 1. The third kappa shape index (κ3) is 3.87. The Morgan fingerprint density at radius 1 is 1.03 bits per heavy atom. The van der Waals surface area contributed by atoms with Crippen molar-refractivity contribution in [1.29, 1.82) is 0 Å². The van der Waals surface area contributed by atoms with Crippen molar-refractivity contribution in [3.05, 3.63) is 64.2 Å². The predicted molar refractivity (Wildman–Crippen MR) is 127 cm³/mol. The summed E-state index contributed by atoms with van der Waals surface area (Å²) in [6, 6.07) is 13.1. The van der Waals surface area contributed by atoms with Gasteiger partial charge in [0.2, 0.25) is 0 Å². The number of fused-ring (bicyclic) bond motifs is 1. The molecule has 0 saturated carbocycles. The molecule has 0 spiro atoms. The van der Waals surface area contributed by atoms with Crippen molar-refractivity contribution < 1.29 is 14.1 Å². The normalized spacial score (nSPS) is 26.2. The molecule has 3 aliphatic rings. The van der Waals surface area contributed by atoms with E-state index in [1.54, 1.807) is 11.0 Å². The van der Waals surface area contributed by atoms with E-state index < -0.39 is 0 Å². The molecule has 0 aliphatic carbocycles. The summed E-state index contributed by atoms with van der Waals surface area (Å²) in [6.45, 7) is 4.52. The van der Waals surface area contributed by atoms with Gasteiger partial charge in [-0.15, -0.1) is 0 Å². The Hall–Kier alpha value is -2.21. The second-order valence-corrected chi connectivity index (χ2v) is 10.2. The highest BCUT2D eigenvalue weighted by molar-refractivity contribution is 6.35. The highest BCUT2D eigenvalue weighted by Gasteiger charge is 2.40. The minimum atomic E-state index is -0.0987. The van der Waals surface area contributed by atoms with Gasteiger partial charge in [-0.2, -0.15) is 0 Å². The Morgan fingerprint density at radius 3 is 2.44 bits per heavy atom. The summed E-state index contributed by atoms with van der Waals surface area (Å²) in [5.74, 6) is 1.60. The Morgan fingerprint density at radius 2 is 1.72 bits per heavy atom. The van der Waals surface area contributed by atoms with Crippen LogP contribution in [0.2, 0.25) is 5.02 Å². The number of likely N-dealkylation sites (tertiary alicyclic amines) is 1. The minimum absolute atomic E-state index is 0.0987. The van der Waals surface area contributed by atoms with E-state index in [4.69, 9.17) is 11.6 Å². The van der Waals surface area contributed by atoms with Crippen LogP contribution in [0.4, 0.5) is 5.69 Å². The second kappa shape index (κ2) is 8.62. The number of carbonyl (C=O) groups excluding carboxylic acids is 2. The molecule has 5 nitrogen and oxygen atoms in total. The third-order valence-corrected chi connectivity index (χ3v) is 8.13. The van der Waals surface area contributed by atoms with E-state index in [0.29, 0.717) is 27.2 Å². The molecule has 0 aromatic heterocycles. The first-order valence-electron chi connectivity index (χ1n) is 11.8. The van der Waals surface area contributed by atoms with E-state index >= 15 is 0 Å². The maximum atomic E-state index is 13.6. The largest absolute Gasteiger partial charge is 0.345 e. The molecule has 5 rings (SSSR count). The number of hydrogen-bond acceptors (Lipinski definition) is 3. The smallest absolute Gasteiger partial charge is 0.317 e. The number of benzene rings is 2. The highest BCUT2D eigenvalue weighted by atomic mass is 35.5. The van der Waals surface area contributed by atoms with E-state index in [-0.39, 0.29) is 11.8 Å². The molecule has 2 aromatic carbocycles. The number of anilines is 1. The van der Waals surface area contributed by atoms with Crippen LogP contribution >= 0.6 is 11.6 Å². The van der Waals surface area contributed by atoms with Crippen molar-refractivity contribution in [3.63, 3.8) is 0 Å². The summed E-state index contributed by atoms with van der Waals surface area (Å²) >= 11 is 6.28. The van der Waals surface area contributed by atoms with Gasteiger partial charge in [0.25, 0.3) is 5.91 Å². The van der Waals surface area contributed by atoms with Crippen LogP contribution in [0.25, 0.3) is 0 Å². The van der Waals surface area contributed by atoms with Gasteiger partial charge in [-0.05, 0) is 67.6 Å². The Balaban J connectivity index is 1.31. The fraction of sp³-hybridized carbons (Fsp3) is 0.462. The first kappa shape index (κ1) is 21.6. The van der Waals surface area contributed by atoms with Gasteiger partial charge in [-0.1, -0.05) is 29.8 Å². The lowest BCUT2D eigenvalue weighted by Crippen LogP contribution is -2.55. The number of amides is 2. The molecule has 0 atom stereocenters. The van der Waals surface area contributed by atoms with Crippen molar-refractivity contribution in [1.82, 2.24) is 5.32 Å². The topological polar surface area (TPSA) is 49.4 Å². The van der Waals surface area contributed by atoms with Gasteiger partial charge in [0.1, 0.15) is 0 Å². The van der Waals surface area contributed by atoms with Crippen LogP contribution in [0, 0.1) is 11.8 Å². The van der Waals surface area contributed by atoms with E-state index in [1.807, 2.05) is 36.4 Å². The quantitative estimate of drug-likeness (QED) is 0.697. The molecule has 2 saturated heterocycles. The molecular formula is C26H31ClN3O2+. The van der Waals surface area contributed by atoms with Crippen LogP contribution in [0.5, 0.6) is 0 Å². The van der Waals surface area contributed by atoms with Crippen LogP contribution in [0.1, 0.15) is 52.0 Å². The van der Waals surface area contributed by atoms with E-state index in [1.165, 1.54) is 12.8 Å². The fourth-order valence-corrected chi connectivity index (χ4v) is 6.07. The van der Waals surface area contributed by atoms with E-state index in [2.05, 4.69) is 12.4 Å². The van der Waals surface area contributed by atoms with E-state index in [0.717, 1.165) is 62.1 Å². The molecule has 0 unspecified atom stereocenters. The van der Waals surface area contributed by atoms with Crippen molar-refractivity contribution in [2.24, 2.45) is 11.8 Å². The summed E-state index contributed by atoms with van der Waals surface area (Å²) in [5, 5.41) is 3.94. The number of carbonyl (C=O) groups is 2. The molecular weight excluding hydrogens is 422 g/mol. The monoisotopic (exact) mass is 452 g/mol. The lowest BCUT2D eigenvalue weighted by molar-refractivity contribution is -0.835. The molecule has 6 heteroatoms. The molecule has 3 aliphatic heterocycles. The number of rotatable bonds is 3. The molecule has 3 heterocycles. The SMILES string of the molecule is C[N+]1(C(=O)c2cccc(N3Cc4cccc(Cl)c4C3=O)c2)CCC(C2CCNCC2)CC1. The standard InChI is InChI=1S/C26H31ClN3O2/c1-30(14-10-19(11-15-30)18-8-12-28-13-9-18)26(32)20-4-2-6-22(16-20)29-17-21-5-3-7-23(27)24(21)25(29)31/h2-7,16,18-19,28H,8-15,17H2,1H3/q+1. The summed E-state index contributed by atoms with van der Waals surface area (Å²) in [4.78, 5) is 28.3. The second-order valence-electron chi connectivity index (χ2n) is 9.79. The molecule has 32 heavy (non-hydrogen) atoms. The summed E-state index contributed by atoms with van der Waals surface area (Å²) in [6.07, 6.45) is 4.76. The van der Waals surface area contributed by atoms with Gasteiger partial charge in [0, 0.05) is 18.5 Å². The summed E-state index contributed by atoms with van der Waals surface area (Å²) < 4.78 is 0.449. The number of nitrogens with zero attached hydrogens (tertiary/aromatic N) is 2. The zero-order valence-corrected chi connectivity index (χ0v) is 19.4. The van der Waals surface area contributed by atoms with E-state index in [9.17, 15) is 9.59 Å². The van der Waals surface area contributed by atoms with Gasteiger partial charge >= 0.3 is 5.91 Å². The zero-order valence-electron chi connectivity index (χ0n) is 18.6. The van der Waals surface area contributed by atoms with Crippen LogP contribution in [-0.2, 0) is 6.54 Å². The fourth-order valence-electron chi connectivity index (χ4n) is 5.79. The maximum absolute atomic E-state index is 13.6. The maximum Gasteiger partial charge on any atom is 0.345 e. The predicted octanol–water partition coefficient (Wildman–Crippen LogP) is 4.50. The lowest BCUT2D eigenvalue weighted by atomic mass is 9.78. The van der Waals surface area contributed by atoms with Crippen molar-refractivity contribution in [2.75, 3.05) is 38.1 Å². The van der Waals surface area contributed by atoms with Gasteiger partial charge in [-0.3, -0.25) is 9.28 Å². The zero-order chi connectivity index (χ0) is 22.3. The van der Waals surface area contributed by atoms with Crippen molar-refractivity contribution in [3.8, 4) is 0 Å². The lowest BCUT2D eigenvalue weighted by Gasteiger charge is -2.41. The number of piperidine rings is 2. The Labute approximate surface area is 194 Å². The third-order valence-electron chi connectivity index (χ3n) is 7.82. The van der Waals surface area contributed by atoms with Gasteiger partial charge in [0.05, 0.1) is 42.8 Å². The number of halogens is 1. The average Bonchev–Trinajstić information content (AvgIpc) is 3.17. The first-order chi connectivity index (χ1) is 15.5. The van der Waals surface area contributed by atoms with Crippen LogP contribution in [-0.4, -0.2) is 49.5 Å². The molecule has 2 aromatic rings. The molecule has 2 amide bonds. The Kier molecular flexibility index (Phi) is 5.82. The number of hydrogen-bond donors (Lipinski definition) is 1. The van der Waals surface area contributed by atoms with Gasteiger partial charge in [0.15, 0.2) is 0 Å². The summed E-state index contributed by atoms with van der Waals surface area (Å²) in [7, 11) is 2.07. The van der Waals surface area contributed by atoms with Crippen LogP contribution in [0.15, 0.2) is 42.5 Å². The van der Waals surface area contributed by atoms with Gasteiger partial charge in [-0.25, -0.2) is 4.79 Å². The van der Waals surface area contributed by atoms with Crippen LogP contribution < -0.4 is 10.2 Å². The number of nitrogens with one attached hydrogen (secondary N) is 1. The molecule has 2 fully saturated rings. The van der Waals surface area contributed by atoms with Crippen LogP contribution in [0.3, 0.4) is 0 Å². The average molecular weight is 453 g/mol. The molecule has 1 N–H and O–H groups in total. The highest BCUT2D eigenvalue weighted by Crippen LogP contribution is 2.35. The summed E-state index contributed by atoms with van der Waals surface area (Å²) in [5.41, 5.74) is 2.94. The van der Waals surface area contributed by atoms with Gasteiger partial charge < -0.3 is 10.2 Å². The first-order valence-corrected chi connectivity index (χ1v) is 12.1. The van der Waals surface area contributed by atoms with Crippen molar-refractivity contribution in [2.45, 2.75) is 32.2 Å². The molecule has 168 valence electrons.